The van der Waals surface area contributed by atoms with Crippen LogP contribution in [0.3, 0.4) is 0 Å². The Hall–Kier alpha value is -1.42. The van der Waals surface area contributed by atoms with E-state index in [2.05, 4.69) is 5.32 Å². The van der Waals surface area contributed by atoms with Gasteiger partial charge < -0.3 is 10.2 Å². The van der Waals surface area contributed by atoms with Gasteiger partial charge in [-0.3, -0.25) is 4.79 Å². The van der Waals surface area contributed by atoms with Crippen LogP contribution in [0.4, 0.5) is 10.1 Å². The van der Waals surface area contributed by atoms with Crippen LogP contribution < -0.4 is 10.2 Å². The predicted molar refractivity (Wildman–Crippen MR) is 77.0 cm³/mol. The number of nitrogens with zero attached hydrogens (tertiary/aromatic N) is 1. The van der Waals surface area contributed by atoms with Gasteiger partial charge in [0.2, 0.25) is 5.91 Å². The number of likely N-dealkylation sites (N-methyl/N-ethyl adjacent to an activating group) is 1. The van der Waals surface area contributed by atoms with Crippen LogP contribution in [0.15, 0.2) is 24.3 Å². The van der Waals surface area contributed by atoms with Crippen molar-refractivity contribution in [1.82, 2.24) is 5.32 Å². The first-order chi connectivity index (χ1) is 9.72. The fourth-order valence-corrected chi connectivity index (χ4v) is 3.74. The number of amides is 1. The van der Waals surface area contributed by atoms with Crippen LogP contribution in [0.25, 0.3) is 0 Å². The normalized spacial score (nSPS) is 28.4. The van der Waals surface area contributed by atoms with E-state index in [0.29, 0.717) is 24.1 Å². The molecule has 3 unspecified atom stereocenters. The lowest BCUT2D eigenvalue weighted by atomic mass is 9.93. The molecule has 108 valence electrons. The number of hydrogen-bond acceptors (Lipinski definition) is 2. The standard InChI is InChI=1S/C16H21FN2O/c1-2-19(14-9-4-3-8-13(14)17)16(20)15-12-7-5-6-11(12)10-18-15/h3-4,8-9,11-12,15,18H,2,5-7,10H2,1H3. The van der Waals surface area contributed by atoms with Crippen LogP contribution in [0.2, 0.25) is 0 Å². The second-order valence-electron chi connectivity index (χ2n) is 5.77. The summed E-state index contributed by atoms with van der Waals surface area (Å²) in [6.45, 7) is 3.32. The van der Waals surface area contributed by atoms with Gasteiger partial charge in [0.05, 0.1) is 11.7 Å². The lowest BCUT2D eigenvalue weighted by Crippen LogP contribution is -2.46. The molecule has 20 heavy (non-hydrogen) atoms. The maximum absolute atomic E-state index is 13.9. The highest BCUT2D eigenvalue weighted by atomic mass is 19.1. The number of nitrogens with one attached hydrogen (secondary N) is 1. The zero-order valence-corrected chi connectivity index (χ0v) is 11.8. The second-order valence-corrected chi connectivity index (χ2v) is 5.77. The van der Waals surface area contributed by atoms with Crippen LogP contribution in [0.1, 0.15) is 26.2 Å². The third-order valence-electron chi connectivity index (χ3n) is 4.74. The van der Waals surface area contributed by atoms with E-state index in [1.807, 2.05) is 6.92 Å². The van der Waals surface area contributed by atoms with Gasteiger partial charge >= 0.3 is 0 Å². The van der Waals surface area contributed by atoms with E-state index in [-0.39, 0.29) is 17.8 Å². The summed E-state index contributed by atoms with van der Waals surface area (Å²) in [4.78, 5) is 14.3. The summed E-state index contributed by atoms with van der Waals surface area (Å²) in [5.74, 6) is 0.752. The first-order valence-electron chi connectivity index (χ1n) is 7.51. The molecule has 1 saturated carbocycles. The van der Waals surface area contributed by atoms with Crippen molar-refractivity contribution < 1.29 is 9.18 Å². The molecule has 2 fully saturated rings. The van der Waals surface area contributed by atoms with E-state index in [1.54, 1.807) is 23.1 Å². The zero-order chi connectivity index (χ0) is 14.1. The van der Waals surface area contributed by atoms with Gasteiger partial charge in [-0.25, -0.2) is 4.39 Å². The van der Waals surface area contributed by atoms with Crippen molar-refractivity contribution in [2.24, 2.45) is 11.8 Å². The van der Waals surface area contributed by atoms with Gasteiger partial charge in [-0.2, -0.15) is 0 Å². The number of fused-ring (bicyclic) bond motifs is 1. The second kappa shape index (κ2) is 5.52. The van der Waals surface area contributed by atoms with E-state index in [1.165, 1.54) is 18.9 Å². The first kappa shape index (κ1) is 13.6. The van der Waals surface area contributed by atoms with Gasteiger partial charge in [0, 0.05) is 6.54 Å². The third-order valence-corrected chi connectivity index (χ3v) is 4.74. The summed E-state index contributed by atoms with van der Waals surface area (Å²) in [6, 6.07) is 6.37. The number of para-hydroxylation sites is 1. The van der Waals surface area contributed by atoms with E-state index >= 15 is 0 Å². The SMILES string of the molecule is CCN(C(=O)C1NCC2CCCC21)c1ccccc1F. The molecule has 1 heterocycles. The molecule has 1 aliphatic carbocycles. The number of rotatable bonds is 3. The average molecular weight is 276 g/mol. The Morgan fingerprint density at radius 3 is 2.95 bits per heavy atom. The van der Waals surface area contributed by atoms with Gasteiger partial charge in [0.1, 0.15) is 5.82 Å². The Labute approximate surface area is 119 Å². The van der Waals surface area contributed by atoms with E-state index < -0.39 is 0 Å². The molecule has 0 bridgehead atoms. The highest BCUT2D eigenvalue weighted by Crippen LogP contribution is 2.38. The van der Waals surface area contributed by atoms with E-state index in [4.69, 9.17) is 0 Å². The monoisotopic (exact) mass is 276 g/mol. The van der Waals surface area contributed by atoms with Gasteiger partial charge in [0.25, 0.3) is 0 Å². The minimum Gasteiger partial charge on any atom is -0.309 e. The van der Waals surface area contributed by atoms with Crippen molar-refractivity contribution in [1.29, 1.82) is 0 Å². The van der Waals surface area contributed by atoms with Crippen LogP contribution in [-0.4, -0.2) is 25.0 Å². The third kappa shape index (κ3) is 2.22. The van der Waals surface area contributed by atoms with Crippen molar-refractivity contribution in [2.75, 3.05) is 18.0 Å². The molecular formula is C16H21FN2O. The Morgan fingerprint density at radius 1 is 1.40 bits per heavy atom. The maximum Gasteiger partial charge on any atom is 0.244 e. The van der Waals surface area contributed by atoms with Gasteiger partial charge in [-0.05, 0) is 50.3 Å². The molecule has 0 radical (unpaired) electrons. The molecule has 0 spiro atoms. The Kier molecular flexibility index (Phi) is 3.74. The quantitative estimate of drug-likeness (QED) is 0.920. The van der Waals surface area contributed by atoms with Crippen LogP contribution >= 0.6 is 0 Å². The van der Waals surface area contributed by atoms with Crippen molar-refractivity contribution >= 4 is 11.6 Å². The number of halogens is 1. The van der Waals surface area contributed by atoms with Crippen molar-refractivity contribution in [3.05, 3.63) is 30.1 Å². The highest BCUT2D eigenvalue weighted by molar-refractivity contribution is 5.97. The van der Waals surface area contributed by atoms with Crippen molar-refractivity contribution in [2.45, 2.75) is 32.2 Å². The smallest absolute Gasteiger partial charge is 0.244 e. The van der Waals surface area contributed by atoms with Crippen LogP contribution in [-0.2, 0) is 4.79 Å². The minimum atomic E-state index is -0.330. The van der Waals surface area contributed by atoms with Crippen molar-refractivity contribution in [3.8, 4) is 0 Å². The van der Waals surface area contributed by atoms with Crippen LogP contribution in [0.5, 0.6) is 0 Å². The summed E-state index contributed by atoms with van der Waals surface area (Å²) < 4.78 is 13.9. The summed E-state index contributed by atoms with van der Waals surface area (Å²) >= 11 is 0. The van der Waals surface area contributed by atoms with E-state index in [0.717, 1.165) is 13.0 Å². The molecule has 3 atom stereocenters. The molecule has 0 aromatic heterocycles. The molecule has 1 amide bonds. The van der Waals surface area contributed by atoms with E-state index in [9.17, 15) is 9.18 Å². The lowest BCUT2D eigenvalue weighted by Gasteiger charge is -2.27. The largest absolute Gasteiger partial charge is 0.309 e. The number of benzene rings is 1. The molecule has 1 aromatic carbocycles. The Morgan fingerprint density at radius 2 is 2.20 bits per heavy atom. The molecule has 1 saturated heterocycles. The molecule has 4 heteroatoms. The van der Waals surface area contributed by atoms with Crippen LogP contribution in [0, 0.1) is 17.7 Å². The molecule has 3 nitrogen and oxygen atoms in total. The number of carbonyl (C=O) groups excluding carboxylic acids is 1. The molecule has 1 aliphatic heterocycles. The molecule has 2 aliphatic rings. The van der Waals surface area contributed by atoms with Gasteiger partial charge in [-0.15, -0.1) is 0 Å². The highest BCUT2D eigenvalue weighted by Gasteiger charge is 2.43. The Bertz CT molecular complexity index is 505. The molecule has 1 N–H and O–H groups in total. The predicted octanol–water partition coefficient (Wildman–Crippen LogP) is 2.57. The average Bonchev–Trinajstić information content (AvgIpc) is 3.04. The Balaban J connectivity index is 1.83. The fraction of sp³-hybridized carbons (Fsp3) is 0.562. The first-order valence-corrected chi connectivity index (χ1v) is 7.51. The lowest BCUT2D eigenvalue weighted by molar-refractivity contribution is -0.121. The summed E-state index contributed by atoms with van der Waals surface area (Å²) in [5, 5.41) is 3.35. The minimum absolute atomic E-state index is 0.0204. The topological polar surface area (TPSA) is 32.3 Å². The van der Waals surface area contributed by atoms with Gasteiger partial charge in [0.15, 0.2) is 0 Å². The number of carbonyl (C=O) groups is 1. The maximum atomic E-state index is 13.9. The molecule has 3 rings (SSSR count). The zero-order valence-electron chi connectivity index (χ0n) is 11.8. The molecule has 1 aromatic rings. The number of hydrogen-bond donors (Lipinski definition) is 1. The fourth-order valence-electron chi connectivity index (χ4n) is 3.74. The van der Waals surface area contributed by atoms with Crippen molar-refractivity contribution in [3.63, 3.8) is 0 Å². The summed E-state index contributed by atoms with van der Waals surface area (Å²) in [6.07, 6.45) is 3.54. The summed E-state index contributed by atoms with van der Waals surface area (Å²) in [7, 11) is 0. The number of anilines is 1. The van der Waals surface area contributed by atoms with Gasteiger partial charge in [-0.1, -0.05) is 18.6 Å². The molecular weight excluding hydrogens is 255 g/mol. The summed E-state index contributed by atoms with van der Waals surface area (Å²) in [5.41, 5.74) is 0.392.